The largest absolute Gasteiger partial charge is 0.480 e. The lowest BCUT2D eigenvalue weighted by Gasteiger charge is -2.34. The van der Waals surface area contributed by atoms with Gasteiger partial charge < -0.3 is 15.3 Å². The average Bonchev–Trinajstić information content (AvgIpc) is 2.36. The van der Waals surface area contributed by atoms with Gasteiger partial charge in [-0.05, 0) is 25.7 Å². The Bertz CT molecular complexity index is 462. The summed E-state index contributed by atoms with van der Waals surface area (Å²) in [6.45, 7) is 2.86. The highest BCUT2D eigenvalue weighted by Crippen LogP contribution is 2.17. The molecule has 0 aromatic heterocycles. The third-order valence-electron chi connectivity index (χ3n) is 3.53. The summed E-state index contributed by atoms with van der Waals surface area (Å²) in [7, 11) is -3.38. The Morgan fingerprint density at radius 2 is 2.10 bits per heavy atom. The van der Waals surface area contributed by atoms with E-state index in [-0.39, 0.29) is 18.4 Å². The highest BCUT2D eigenvalue weighted by molar-refractivity contribution is 7.92. The molecule has 7 nitrogen and oxygen atoms in total. The summed E-state index contributed by atoms with van der Waals surface area (Å²) in [4.78, 5) is 24.1. The third-order valence-corrected chi connectivity index (χ3v) is 5.02. The summed E-state index contributed by atoms with van der Waals surface area (Å²) in [6, 6.07) is 0. The maximum Gasteiger partial charge on any atom is 0.317 e. The standard InChI is InChI=1S/C12H22N2O5S/c1-9(20(2,18)19)12(17)14-5-3-4-10(8-14)6-13-7-11(15)16/h9-10,13H,3-8H2,1-2H3,(H,15,16). The summed E-state index contributed by atoms with van der Waals surface area (Å²) in [5, 5.41) is 10.3. The molecule has 1 aliphatic heterocycles. The quantitative estimate of drug-likeness (QED) is 0.674. The van der Waals surface area contributed by atoms with Gasteiger partial charge in [0.15, 0.2) is 9.84 Å². The van der Waals surface area contributed by atoms with Crippen LogP contribution >= 0.6 is 0 Å². The molecule has 2 N–H and O–H groups in total. The summed E-state index contributed by atoms with van der Waals surface area (Å²) >= 11 is 0. The highest BCUT2D eigenvalue weighted by Gasteiger charge is 2.31. The predicted octanol–water partition coefficient (Wildman–Crippen LogP) is -0.668. The molecule has 1 heterocycles. The molecule has 0 bridgehead atoms. The van der Waals surface area contributed by atoms with Crippen molar-refractivity contribution in [1.29, 1.82) is 0 Å². The fourth-order valence-corrected chi connectivity index (χ4v) is 2.77. The summed E-state index contributed by atoms with van der Waals surface area (Å²) < 4.78 is 22.8. The number of carboxylic acid groups (broad SMARTS) is 1. The number of carbonyl (C=O) groups excluding carboxylic acids is 1. The van der Waals surface area contributed by atoms with Crippen LogP contribution in [0, 0.1) is 5.92 Å². The number of amides is 1. The fourth-order valence-electron chi connectivity index (χ4n) is 2.26. The monoisotopic (exact) mass is 306 g/mol. The fraction of sp³-hybridized carbons (Fsp3) is 0.833. The lowest BCUT2D eigenvalue weighted by molar-refractivity contribution is -0.136. The van der Waals surface area contributed by atoms with Crippen LogP contribution in [0.25, 0.3) is 0 Å². The van der Waals surface area contributed by atoms with Gasteiger partial charge in [0.05, 0.1) is 6.54 Å². The van der Waals surface area contributed by atoms with Crippen LogP contribution in [0.15, 0.2) is 0 Å². The van der Waals surface area contributed by atoms with Crippen LogP contribution in [0.2, 0.25) is 0 Å². The van der Waals surface area contributed by atoms with Crippen molar-refractivity contribution in [3.05, 3.63) is 0 Å². The Kier molecular flexibility index (Phi) is 5.94. The zero-order valence-corrected chi connectivity index (χ0v) is 12.6. The van der Waals surface area contributed by atoms with E-state index in [1.54, 1.807) is 4.90 Å². The van der Waals surface area contributed by atoms with Gasteiger partial charge in [0.25, 0.3) is 0 Å². The molecule has 20 heavy (non-hydrogen) atoms. The van der Waals surface area contributed by atoms with Crippen molar-refractivity contribution in [1.82, 2.24) is 10.2 Å². The number of nitrogens with one attached hydrogen (secondary N) is 1. The summed E-state index contributed by atoms with van der Waals surface area (Å²) in [5.41, 5.74) is 0. The minimum Gasteiger partial charge on any atom is -0.480 e. The van der Waals surface area contributed by atoms with Gasteiger partial charge in [0.1, 0.15) is 5.25 Å². The van der Waals surface area contributed by atoms with Crippen molar-refractivity contribution >= 4 is 21.7 Å². The first-order valence-corrected chi connectivity index (χ1v) is 8.57. The molecule has 0 aliphatic carbocycles. The first-order valence-electron chi connectivity index (χ1n) is 6.62. The molecule has 116 valence electrons. The van der Waals surface area contributed by atoms with Crippen LogP contribution < -0.4 is 5.32 Å². The van der Waals surface area contributed by atoms with Gasteiger partial charge in [0.2, 0.25) is 5.91 Å². The number of piperidine rings is 1. The van der Waals surface area contributed by atoms with Crippen molar-refractivity contribution in [2.45, 2.75) is 25.0 Å². The molecule has 0 aromatic rings. The minimum atomic E-state index is -3.38. The number of hydrogen-bond donors (Lipinski definition) is 2. The van der Waals surface area contributed by atoms with Gasteiger partial charge in [-0.1, -0.05) is 0 Å². The zero-order chi connectivity index (χ0) is 15.3. The smallest absolute Gasteiger partial charge is 0.317 e. The lowest BCUT2D eigenvalue weighted by Crippen LogP contribution is -2.48. The Labute approximate surface area is 119 Å². The van der Waals surface area contributed by atoms with Crippen molar-refractivity contribution in [2.24, 2.45) is 5.92 Å². The maximum absolute atomic E-state index is 12.1. The number of rotatable bonds is 6. The van der Waals surface area contributed by atoms with E-state index in [2.05, 4.69) is 5.32 Å². The van der Waals surface area contributed by atoms with Gasteiger partial charge in [-0.15, -0.1) is 0 Å². The Morgan fingerprint density at radius 1 is 1.45 bits per heavy atom. The molecule has 0 aromatic carbocycles. The topological polar surface area (TPSA) is 104 Å². The molecule has 1 fully saturated rings. The molecular formula is C12H22N2O5S. The average molecular weight is 306 g/mol. The van der Waals surface area contributed by atoms with E-state index in [9.17, 15) is 18.0 Å². The number of nitrogens with zero attached hydrogens (tertiary/aromatic N) is 1. The highest BCUT2D eigenvalue weighted by atomic mass is 32.2. The second-order valence-corrected chi connectivity index (χ2v) is 7.66. The van der Waals surface area contributed by atoms with Gasteiger partial charge in [-0.25, -0.2) is 8.42 Å². The van der Waals surface area contributed by atoms with E-state index in [1.165, 1.54) is 6.92 Å². The number of aliphatic carboxylic acids is 1. The molecule has 1 rings (SSSR count). The first kappa shape index (κ1) is 16.9. The Balaban J connectivity index is 2.52. The van der Waals surface area contributed by atoms with Crippen LogP contribution in [0.4, 0.5) is 0 Å². The molecule has 1 amide bonds. The lowest BCUT2D eigenvalue weighted by atomic mass is 9.97. The van der Waals surface area contributed by atoms with Crippen LogP contribution in [-0.4, -0.2) is 68.0 Å². The maximum atomic E-state index is 12.1. The van der Waals surface area contributed by atoms with E-state index in [4.69, 9.17) is 5.11 Å². The van der Waals surface area contributed by atoms with Crippen molar-refractivity contribution in [2.75, 3.05) is 32.4 Å². The minimum absolute atomic E-state index is 0.107. The van der Waals surface area contributed by atoms with E-state index >= 15 is 0 Å². The van der Waals surface area contributed by atoms with Crippen molar-refractivity contribution in [3.8, 4) is 0 Å². The molecule has 1 saturated heterocycles. The molecular weight excluding hydrogens is 284 g/mol. The van der Waals surface area contributed by atoms with E-state index < -0.39 is 21.1 Å². The van der Waals surface area contributed by atoms with E-state index in [1.807, 2.05) is 0 Å². The van der Waals surface area contributed by atoms with Gasteiger partial charge in [-0.2, -0.15) is 0 Å². The Hall–Kier alpha value is -1.15. The normalized spacial score (nSPS) is 21.5. The molecule has 2 unspecified atom stereocenters. The summed E-state index contributed by atoms with van der Waals surface area (Å²) in [6.07, 6.45) is 2.77. The summed E-state index contributed by atoms with van der Waals surface area (Å²) in [5.74, 6) is -1.12. The number of sulfone groups is 1. The number of carbonyl (C=O) groups is 2. The second kappa shape index (κ2) is 7.03. The molecule has 0 saturated carbocycles. The molecule has 0 spiro atoms. The van der Waals surface area contributed by atoms with Crippen molar-refractivity contribution < 1.29 is 23.1 Å². The van der Waals surface area contributed by atoms with E-state index in [0.717, 1.165) is 19.1 Å². The molecule has 8 heteroatoms. The van der Waals surface area contributed by atoms with Gasteiger partial charge in [-0.3, -0.25) is 9.59 Å². The Morgan fingerprint density at radius 3 is 2.65 bits per heavy atom. The van der Waals surface area contributed by atoms with Crippen molar-refractivity contribution in [3.63, 3.8) is 0 Å². The van der Waals surface area contributed by atoms with Gasteiger partial charge in [0, 0.05) is 25.9 Å². The number of likely N-dealkylation sites (tertiary alicyclic amines) is 1. The van der Waals surface area contributed by atoms with Crippen LogP contribution in [0.3, 0.4) is 0 Å². The van der Waals surface area contributed by atoms with Crippen LogP contribution in [0.5, 0.6) is 0 Å². The zero-order valence-electron chi connectivity index (χ0n) is 11.8. The number of carboxylic acids is 1. The second-order valence-electron chi connectivity index (χ2n) is 5.29. The first-order chi connectivity index (χ1) is 9.21. The SMILES string of the molecule is CC(C(=O)N1CCCC(CNCC(=O)O)C1)S(C)(=O)=O. The van der Waals surface area contributed by atoms with Crippen LogP contribution in [0.1, 0.15) is 19.8 Å². The molecule has 0 radical (unpaired) electrons. The number of hydrogen-bond acceptors (Lipinski definition) is 5. The van der Waals surface area contributed by atoms with Gasteiger partial charge >= 0.3 is 5.97 Å². The van der Waals surface area contributed by atoms with E-state index in [0.29, 0.717) is 19.6 Å². The van der Waals surface area contributed by atoms with Crippen LogP contribution in [-0.2, 0) is 19.4 Å². The molecule has 2 atom stereocenters. The predicted molar refractivity (Wildman–Crippen MR) is 74.1 cm³/mol. The molecule has 1 aliphatic rings. The third kappa shape index (κ3) is 5.09.